The smallest absolute Gasteiger partial charge is 0.270 e. The van der Waals surface area contributed by atoms with Crippen molar-refractivity contribution >= 4 is 17.3 Å². The van der Waals surface area contributed by atoms with E-state index in [1.807, 2.05) is 13.0 Å². The molecule has 21 heavy (non-hydrogen) atoms. The number of amides is 1. The third-order valence-electron chi connectivity index (χ3n) is 3.86. The first-order valence-corrected chi connectivity index (χ1v) is 6.77. The van der Waals surface area contributed by atoms with Crippen molar-refractivity contribution in [2.45, 2.75) is 31.7 Å². The van der Waals surface area contributed by atoms with Gasteiger partial charge >= 0.3 is 0 Å². The molecule has 1 atom stereocenters. The van der Waals surface area contributed by atoms with Crippen molar-refractivity contribution < 1.29 is 9.72 Å². The minimum atomic E-state index is -0.617. The fraction of sp³-hybridized carbons (Fsp3) is 0.429. The lowest BCUT2D eigenvalue weighted by molar-refractivity contribution is -0.384. The maximum Gasteiger partial charge on any atom is 0.270 e. The van der Waals surface area contributed by atoms with Gasteiger partial charge in [0.15, 0.2) is 0 Å². The van der Waals surface area contributed by atoms with E-state index in [1.165, 1.54) is 12.1 Å². The van der Waals surface area contributed by atoms with Crippen LogP contribution in [-0.2, 0) is 4.79 Å². The number of hydrogen-bond acceptors (Lipinski definition) is 5. The zero-order chi connectivity index (χ0) is 15.5. The molecule has 1 amide bonds. The molecule has 7 heteroatoms. The Labute approximate surface area is 122 Å². The molecule has 7 nitrogen and oxygen atoms in total. The predicted molar refractivity (Wildman–Crippen MR) is 76.7 cm³/mol. The van der Waals surface area contributed by atoms with Crippen molar-refractivity contribution in [1.29, 1.82) is 5.26 Å². The molecule has 0 spiro atoms. The fourth-order valence-electron chi connectivity index (χ4n) is 2.55. The molecule has 1 saturated heterocycles. The summed E-state index contributed by atoms with van der Waals surface area (Å²) in [6, 6.07) is 5.71. The van der Waals surface area contributed by atoms with Crippen molar-refractivity contribution in [3.8, 4) is 6.07 Å². The van der Waals surface area contributed by atoms with Crippen LogP contribution in [0.5, 0.6) is 0 Å². The van der Waals surface area contributed by atoms with Crippen molar-refractivity contribution in [2.24, 2.45) is 0 Å². The molecule has 1 fully saturated rings. The number of nitrogens with one attached hydrogen (secondary N) is 2. The van der Waals surface area contributed by atoms with Crippen molar-refractivity contribution in [3.63, 3.8) is 0 Å². The lowest BCUT2D eigenvalue weighted by Gasteiger charge is -2.26. The summed E-state index contributed by atoms with van der Waals surface area (Å²) in [5.74, 6) is -0.201. The summed E-state index contributed by atoms with van der Waals surface area (Å²) in [7, 11) is 0. The van der Waals surface area contributed by atoms with Crippen LogP contribution in [0.25, 0.3) is 0 Å². The molecule has 1 aromatic carbocycles. The number of nitro benzene ring substituents is 1. The van der Waals surface area contributed by atoms with Gasteiger partial charge in [0, 0.05) is 12.1 Å². The molecule has 2 N–H and O–H groups in total. The van der Waals surface area contributed by atoms with Gasteiger partial charge in [-0.1, -0.05) is 6.92 Å². The lowest BCUT2D eigenvalue weighted by atomic mass is 9.93. The largest absolute Gasteiger partial charge is 0.323 e. The van der Waals surface area contributed by atoms with Crippen molar-refractivity contribution in [3.05, 3.63) is 33.9 Å². The van der Waals surface area contributed by atoms with Crippen LogP contribution >= 0.6 is 0 Å². The highest BCUT2D eigenvalue weighted by Gasteiger charge is 2.39. The monoisotopic (exact) mass is 288 g/mol. The normalized spacial score (nSPS) is 20.8. The van der Waals surface area contributed by atoms with Gasteiger partial charge in [0.2, 0.25) is 5.91 Å². The molecule has 0 saturated carbocycles. The number of anilines is 1. The van der Waals surface area contributed by atoms with E-state index in [4.69, 9.17) is 5.26 Å². The van der Waals surface area contributed by atoms with Gasteiger partial charge in [-0.3, -0.25) is 14.9 Å². The Morgan fingerprint density at radius 3 is 2.90 bits per heavy atom. The van der Waals surface area contributed by atoms with E-state index in [1.54, 1.807) is 0 Å². The van der Waals surface area contributed by atoms with Crippen LogP contribution in [-0.4, -0.2) is 22.9 Å². The quantitative estimate of drug-likeness (QED) is 0.650. The maximum atomic E-state index is 12.4. The van der Waals surface area contributed by atoms with Crippen LogP contribution in [0.2, 0.25) is 0 Å². The second-order valence-corrected chi connectivity index (χ2v) is 5.02. The van der Waals surface area contributed by atoms with Gasteiger partial charge in [0.1, 0.15) is 6.07 Å². The fourth-order valence-corrected chi connectivity index (χ4v) is 2.55. The summed E-state index contributed by atoms with van der Waals surface area (Å²) in [4.78, 5) is 22.6. The summed E-state index contributed by atoms with van der Waals surface area (Å²) in [5.41, 5.74) is -0.403. The number of nitro groups is 1. The Morgan fingerprint density at radius 1 is 1.62 bits per heavy atom. The number of carbonyl (C=O) groups is 1. The first-order chi connectivity index (χ1) is 10.0. The molecule has 1 aliphatic rings. The minimum absolute atomic E-state index is 0.0850. The number of benzene rings is 1. The maximum absolute atomic E-state index is 12.4. The van der Waals surface area contributed by atoms with E-state index in [-0.39, 0.29) is 17.2 Å². The van der Waals surface area contributed by atoms with Crippen LogP contribution in [0.15, 0.2) is 18.2 Å². The van der Waals surface area contributed by atoms with Gasteiger partial charge in [-0.05, 0) is 31.9 Å². The third-order valence-corrected chi connectivity index (χ3v) is 3.86. The van der Waals surface area contributed by atoms with E-state index in [2.05, 4.69) is 10.6 Å². The summed E-state index contributed by atoms with van der Waals surface area (Å²) in [6.07, 6.45) is 2.31. The van der Waals surface area contributed by atoms with Crippen molar-refractivity contribution in [1.82, 2.24) is 5.32 Å². The summed E-state index contributed by atoms with van der Waals surface area (Å²) in [6.45, 7) is 2.71. The number of nitriles is 1. The van der Waals surface area contributed by atoms with Crippen LogP contribution in [0.3, 0.4) is 0 Å². The molecule has 0 aliphatic carbocycles. The molecule has 1 aliphatic heterocycles. The van der Waals surface area contributed by atoms with Crippen LogP contribution in [0, 0.1) is 21.4 Å². The predicted octanol–water partition coefficient (Wildman–Crippen LogP) is 1.94. The first-order valence-electron chi connectivity index (χ1n) is 6.77. The van der Waals surface area contributed by atoms with E-state index in [0.29, 0.717) is 12.1 Å². The zero-order valence-corrected chi connectivity index (χ0v) is 11.7. The SMILES string of the molecule is CCC1(C(=O)Nc2ccc([N+](=O)[O-])cc2C#N)CCCN1. The van der Waals surface area contributed by atoms with Gasteiger partial charge in [0.25, 0.3) is 5.69 Å². The molecule has 1 heterocycles. The summed E-state index contributed by atoms with van der Waals surface area (Å²) < 4.78 is 0. The standard InChI is InChI=1S/C14H16N4O3/c1-2-14(6-3-7-16-14)13(19)17-12-5-4-11(18(20)21)8-10(12)9-15/h4-5,8,16H,2-3,6-7H2,1H3,(H,17,19). The lowest BCUT2D eigenvalue weighted by Crippen LogP contribution is -2.50. The summed E-state index contributed by atoms with van der Waals surface area (Å²) in [5, 5.41) is 25.7. The zero-order valence-electron chi connectivity index (χ0n) is 11.7. The topological polar surface area (TPSA) is 108 Å². The molecular formula is C14H16N4O3. The van der Waals surface area contributed by atoms with Gasteiger partial charge in [0.05, 0.1) is 21.7 Å². The van der Waals surface area contributed by atoms with Gasteiger partial charge in [-0.2, -0.15) is 5.26 Å². The highest BCUT2D eigenvalue weighted by atomic mass is 16.6. The minimum Gasteiger partial charge on any atom is -0.323 e. The number of rotatable bonds is 4. The van der Waals surface area contributed by atoms with E-state index >= 15 is 0 Å². The molecule has 1 unspecified atom stereocenters. The van der Waals surface area contributed by atoms with E-state index < -0.39 is 10.5 Å². The average Bonchev–Trinajstić information content (AvgIpc) is 2.97. The number of nitrogens with zero attached hydrogens (tertiary/aromatic N) is 2. The van der Waals surface area contributed by atoms with E-state index in [0.717, 1.165) is 25.5 Å². The highest BCUT2D eigenvalue weighted by molar-refractivity contribution is 5.99. The Balaban J connectivity index is 2.25. The average molecular weight is 288 g/mol. The van der Waals surface area contributed by atoms with Crippen LogP contribution in [0.4, 0.5) is 11.4 Å². The second-order valence-electron chi connectivity index (χ2n) is 5.02. The van der Waals surface area contributed by atoms with Gasteiger partial charge < -0.3 is 10.6 Å². The third kappa shape index (κ3) is 2.85. The second kappa shape index (κ2) is 5.89. The highest BCUT2D eigenvalue weighted by Crippen LogP contribution is 2.27. The Bertz CT molecular complexity index is 615. The van der Waals surface area contributed by atoms with Gasteiger partial charge in [-0.15, -0.1) is 0 Å². The molecule has 0 radical (unpaired) electrons. The Hall–Kier alpha value is -2.46. The Kier molecular flexibility index (Phi) is 4.19. The number of non-ortho nitro benzene ring substituents is 1. The Morgan fingerprint density at radius 2 is 2.38 bits per heavy atom. The van der Waals surface area contributed by atoms with Gasteiger partial charge in [-0.25, -0.2) is 0 Å². The van der Waals surface area contributed by atoms with Crippen LogP contribution < -0.4 is 10.6 Å². The number of hydrogen-bond donors (Lipinski definition) is 2. The molecule has 0 aromatic heterocycles. The van der Waals surface area contributed by atoms with E-state index in [9.17, 15) is 14.9 Å². The molecule has 1 aromatic rings. The van der Waals surface area contributed by atoms with Crippen LogP contribution in [0.1, 0.15) is 31.7 Å². The molecule has 2 rings (SSSR count). The number of carbonyl (C=O) groups excluding carboxylic acids is 1. The molecule has 110 valence electrons. The molecule has 0 bridgehead atoms. The molecular weight excluding hydrogens is 272 g/mol. The van der Waals surface area contributed by atoms with Crippen molar-refractivity contribution in [2.75, 3.05) is 11.9 Å². The first kappa shape index (κ1) is 14.9. The summed E-state index contributed by atoms with van der Waals surface area (Å²) >= 11 is 0.